The average molecular weight is 456 g/mol. The lowest BCUT2D eigenvalue weighted by molar-refractivity contribution is 0.0910. The van der Waals surface area contributed by atoms with E-state index in [1.54, 1.807) is 18.9 Å². The van der Waals surface area contributed by atoms with Crippen LogP contribution in [0.5, 0.6) is 11.5 Å². The number of carbonyl (C=O) groups excluding carboxylic acids is 1. The molecule has 0 saturated carbocycles. The minimum atomic E-state index is -0.805. The number of fused-ring (bicyclic) bond motifs is 3. The number of carbonyl (C=O) groups is 1. The maximum absolute atomic E-state index is 13.2. The number of para-hydroxylation sites is 1. The van der Waals surface area contributed by atoms with Gasteiger partial charge >= 0.3 is 0 Å². The number of nitrogens with zero attached hydrogens (tertiary/aromatic N) is 2. The van der Waals surface area contributed by atoms with Crippen molar-refractivity contribution >= 4 is 5.91 Å². The Morgan fingerprint density at radius 1 is 1.03 bits per heavy atom. The number of aliphatic hydroxyl groups excluding tert-OH is 1. The molecule has 1 aromatic heterocycles. The van der Waals surface area contributed by atoms with E-state index in [4.69, 9.17) is 14.6 Å². The molecule has 0 fully saturated rings. The highest BCUT2D eigenvalue weighted by Gasteiger charge is 2.32. The second-order valence-electron chi connectivity index (χ2n) is 8.10. The molecule has 7 nitrogen and oxygen atoms in total. The van der Waals surface area contributed by atoms with Gasteiger partial charge in [0.1, 0.15) is 0 Å². The summed E-state index contributed by atoms with van der Waals surface area (Å²) in [6.45, 7) is 0.0877. The molecule has 1 aliphatic rings. The second-order valence-corrected chi connectivity index (χ2v) is 8.10. The highest BCUT2D eigenvalue weighted by atomic mass is 16.5. The summed E-state index contributed by atoms with van der Waals surface area (Å²) in [6, 6.07) is 22.8. The van der Waals surface area contributed by atoms with Crippen molar-refractivity contribution in [2.75, 3.05) is 20.8 Å². The van der Waals surface area contributed by atoms with Crippen molar-refractivity contribution in [3.05, 3.63) is 95.2 Å². The van der Waals surface area contributed by atoms with Crippen LogP contribution in [-0.4, -0.2) is 41.6 Å². The highest BCUT2D eigenvalue weighted by molar-refractivity contribution is 5.97. The lowest BCUT2D eigenvalue weighted by atomic mass is 10.1. The molecule has 2 N–H and O–H groups in total. The molecule has 1 atom stereocenters. The van der Waals surface area contributed by atoms with Crippen molar-refractivity contribution in [1.29, 1.82) is 0 Å². The third-order valence-electron chi connectivity index (χ3n) is 6.07. The molecule has 172 valence electrons. The lowest BCUT2D eigenvalue weighted by Gasteiger charge is -2.13. The molecule has 0 spiro atoms. The van der Waals surface area contributed by atoms with Crippen LogP contribution >= 0.6 is 0 Å². The largest absolute Gasteiger partial charge is 0.493 e. The number of nitrogens with one attached hydrogen (secondary N) is 1. The summed E-state index contributed by atoms with van der Waals surface area (Å²) >= 11 is 0. The topological polar surface area (TPSA) is 85.6 Å². The predicted molar refractivity (Wildman–Crippen MR) is 129 cm³/mol. The van der Waals surface area contributed by atoms with Crippen LogP contribution in [0, 0.1) is 0 Å². The highest BCUT2D eigenvalue weighted by Crippen LogP contribution is 2.44. The maximum atomic E-state index is 13.2. The van der Waals surface area contributed by atoms with Gasteiger partial charge < -0.3 is 19.9 Å². The Balaban J connectivity index is 1.53. The predicted octanol–water partition coefficient (Wildman–Crippen LogP) is 3.92. The Hall–Kier alpha value is -4.10. The van der Waals surface area contributed by atoms with Gasteiger partial charge in [-0.3, -0.25) is 4.79 Å². The Bertz CT molecular complexity index is 1330. The molecule has 0 bridgehead atoms. The van der Waals surface area contributed by atoms with Gasteiger partial charge in [0, 0.05) is 24.1 Å². The SMILES string of the molecule is COc1cc2c(cc1OC)-c1c(c(C(=O)NCC(O)c3ccccc3)nn1-c1ccccc1)C2. The smallest absolute Gasteiger partial charge is 0.272 e. The molecule has 0 saturated heterocycles. The number of methoxy groups -OCH3 is 2. The van der Waals surface area contributed by atoms with Gasteiger partial charge in [-0.2, -0.15) is 5.10 Å². The van der Waals surface area contributed by atoms with E-state index in [2.05, 4.69) is 5.32 Å². The Labute approximate surface area is 197 Å². The number of ether oxygens (including phenoxy) is 2. The molecule has 4 aromatic rings. The summed E-state index contributed by atoms with van der Waals surface area (Å²) in [6.07, 6.45) is -0.262. The van der Waals surface area contributed by atoms with Crippen molar-refractivity contribution in [2.24, 2.45) is 0 Å². The quantitative estimate of drug-likeness (QED) is 0.389. The average Bonchev–Trinajstić information content (AvgIpc) is 3.44. The number of aromatic nitrogens is 2. The molecule has 7 heteroatoms. The van der Waals surface area contributed by atoms with Crippen LogP contribution in [-0.2, 0) is 6.42 Å². The third kappa shape index (κ3) is 3.80. The van der Waals surface area contributed by atoms with Crippen LogP contribution in [0.25, 0.3) is 16.9 Å². The zero-order valence-electron chi connectivity index (χ0n) is 19.0. The van der Waals surface area contributed by atoms with Gasteiger partial charge in [-0.25, -0.2) is 4.68 Å². The van der Waals surface area contributed by atoms with E-state index in [0.717, 1.165) is 33.6 Å². The van der Waals surface area contributed by atoms with E-state index >= 15 is 0 Å². The van der Waals surface area contributed by atoms with Gasteiger partial charge in [-0.05, 0) is 35.4 Å². The minimum absolute atomic E-state index is 0.0877. The van der Waals surface area contributed by atoms with E-state index in [0.29, 0.717) is 23.6 Å². The van der Waals surface area contributed by atoms with Gasteiger partial charge in [0.2, 0.25) is 0 Å². The zero-order chi connectivity index (χ0) is 23.7. The zero-order valence-corrected chi connectivity index (χ0v) is 19.0. The molecule has 0 aliphatic heterocycles. The lowest BCUT2D eigenvalue weighted by Crippen LogP contribution is -2.29. The van der Waals surface area contributed by atoms with Gasteiger partial charge in [-0.15, -0.1) is 0 Å². The maximum Gasteiger partial charge on any atom is 0.272 e. The van der Waals surface area contributed by atoms with E-state index in [1.807, 2.05) is 72.8 Å². The molecule has 1 heterocycles. The molecule has 1 unspecified atom stereocenters. The third-order valence-corrected chi connectivity index (χ3v) is 6.07. The van der Waals surface area contributed by atoms with Gasteiger partial charge in [-0.1, -0.05) is 48.5 Å². The fourth-order valence-corrected chi connectivity index (χ4v) is 4.38. The second kappa shape index (κ2) is 9.03. The van der Waals surface area contributed by atoms with Crippen LogP contribution in [0.1, 0.15) is 33.3 Å². The van der Waals surface area contributed by atoms with Crippen LogP contribution < -0.4 is 14.8 Å². The molecular formula is C27H25N3O4. The summed E-state index contributed by atoms with van der Waals surface area (Å²) in [4.78, 5) is 13.2. The fraction of sp³-hybridized carbons (Fsp3) is 0.185. The first-order valence-corrected chi connectivity index (χ1v) is 11.0. The van der Waals surface area contributed by atoms with E-state index in [-0.39, 0.29) is 12.5 Å². The molecule has 34 heavy (non-hydrogen) atoms. The molecular weight excluding hydrogens is 430 g/mol. The molecule has 5 rings (SSSR count). The summed E-state index contributed by atoms with van der Waals surface area (Å²) < 4.78 is 12.8. The van der Waals surface area contributed by atoms with Gasteiger partial charge in [0.15, 0.2) is 17.2 Å². The van der Waals surface area contributed by atoms with Crippen molar-refractivity contribution in [2.45, 2.75) is 12.5 Å². The Morgan fingerprint density at radius 2 is 1.68 bits per heavy atom. The number of hydrogen-bond acceptors (Lipinski definition) is 5. The number of rotatable bonds is 7. The van der Waals surface area contributed by atoms with Crippen molar-refractivity contribution in [1.82, 2.24) is 15.1 Å². The van der Waals surface area contributed by atoms with Crippen LogP contribution in [0.15, 0.2) is 72.8 Å². The number of benzene rings is 3. The molecule has 1 aliphatic carbocycles. The van der Waals surface area contributed by atoms with Gasteiger partial charge in [0.05, 0.1) is 31.7 Å². The summed E-state index contributed by atoms with van der Waals surface area (Å²) in [5, 5.41) is 18.0. The molecule has 0 radical (unpaired) electrons. The van der Waals surface area contributed by atoms with E-state index in [1.165, 1.54) is 0 Å². The molecule has 3 aromatic carbocycles. The first-order chi connectivity index (χ1) is 16.6. The van der Waals surface area contributed by atoms with Crippen molar-refractivity contribution in [3.8, 4) is 28.4 Å². The Morgan fingerprint density at radius 3 is 2.35 bits per heavy atom. The van der Waals surface area contributed by atoms with Gasteiger partial charge in [0.25, 0.3) is 5.91 Å². The first kappa shape index (κ1) is 21.7. The Kier molecular flexibility index (Phi) is 5.77. The normalized spacial score (nSPS) is 12.6. The summed E-state index contributed by atoms with van der Waals surface area (Å²) in [5.74, 6) is 0.933. The van der Waals surface area contributed by atoms with E-state index < -0.39 is 6.10 Å². The van der Waals surface area contributed by atoms with E-state index in [9.17, 15) is 9.90 Å². The number of aliphatic hydroxyl groups is 1. The van der Waals surface area contributed by atoms with Crippen molar-refractivity contribution < 1.29 is 19.4 Å². The van der Waals surface area contributed by atoms with Crippen molar-refractivity contribution in [3.63, 3.8) is 0 Å². The van der Waals surface area contributed by atoms with Crippen LogP contribution in [0.4, 0.5) is 0 Å². The monoisotopic (exact) mass is 455 g/mol. The minimum Gasteiger partial charge on any atom is -0.493 e. The standard InChI is InChI=1S/C27H25N3O4/c1-33-23-14-18-13-21-25(27(32)28-16-22(31)17-9-5-3-6-10-17)29-30(19-11-7-4-8-12-19)26(21)20(18)15-24(23)34-2/h3-12,14-15,22,31H,13,16H2,1-2H3,(H,28,32). The van der Waals surface area contributed by atoms with Crippen LogP contribution in [0.3, 0.4) is 0 Å². The molecule has 1 amide bonds. The first-order valence-electron chi connectivity index (χ1n) is 11.0. The van der Waals surface area contributed by atoms with Crippen LogP contribution in [0.2, 0.25) is 0 Å². The summed E-state index contributed by atoms with van der Waals surface area (Å²) in [5.41, 5.74) is 5.62. The summed E-state index contributed by atoms with van der Waals surface area (Å²) in [7, 11) is 3.21. The number of hydrogen-bond donors (Lipinski definition) is 2. The number of amides is 1. The fourth-order valence-electron chi connectivity index (χ4n) is 4.38.